The quantitative estimate of drug-likeness (QED) is 0.612. The lowest BCUT2D eigenvalue weighted by molar-refractivity contribution is -0.139. The lowest BCUT2D eigenvalue weighted by Crippen LogP contribution is -2.45. The fourth-order valence-corrected chi connectivity index (χ4v) is 4.43. The maximum atomic E-state index is 12.4. The zero-order valence-corrected chi connectivity index (χ0v) is 18.2. The summed E-state index contributed by atoms with van der Waals surface area (Å²) < 4.78 is 12.0. The van der Waals surface area contributed by atoms with E-state index in [-0.39, 0.29) is 12.6 Å². The van der Waals surface area contributed by atoms with E-state index >= 15 is 0 Å². The van der Waals surface area contributed by atoms with Gasteiger partial charge in [-0.1, -0.05) is 12.1 Å². The molecule has 0 spiro atoms. The summed E-state index contributed by atoms with van der Waals surface area (Å²) in [5.41, 5.74) is 1.93. The SMILES string of the molecule is CCOC(=O)C1=C(C)NC(=O)NC1c1cc(COc2ccccc2Br)c(C)s1. The minimum Gasteiger partial charge on any atom is -0.488 e. The van der Waals surface area contributed by atoms with Gasteiger partial charge in [-0.15, -0.1) is 11.3 Å². The van der Waals surface area contributed by atoms with Crippen molar-refractivity contribution in [3.8, 4) is 5.75 Å². The van der Waals surface area contributed by atoms with E-state index in [1.807, 2.05) is 37.3 Å². The summed E-state index contributed by atoms with van der Waals surface area (Å²) in [6.45, 7) is 6.11. The number of thiophene rings is 1. The first-order valence-electron chi connectivity index (χ1n) is 8.82. The largest absolute Gasteiger partial charge is 0.488 e. The van der Waals surface area contributed by atoms with Gasteiger partial charge in [-0.3, -0.25) is 0 Å². The standard InChI is InChI=1S/C20H21BrN2O4S/c1-4-26-19(24)17-11(2)22-20(25)23-18(17)16-9-13(12(3)28-16)10-27-15-8-6-5-7-14(15)21/h5-9,18H,4,10H2,1-3H3,(H2,22,23,25). The molecule has 8 heteroatoms. The van der Waals surface area contributed by atoms with Crippen LogP contribution in [0.2, 0.25) is 0 Å². The van der Waals surface area contributed by atoms with Gasteiger partial charge in [0.1, 0.15) is 12.4 Å². The van der Waals surface area contributed by atoms with Crippen LogP contribution in [0.25, 0.3) is 0 Å². The van der Waals surface area contributed by atoms with Crippen molar-refractivity contribution in [3.63, 3.8) is 0 Å². The van der Waals surface area contributed by atoms with Gasteiger partial charge in [0.25, 0.3) is 0 Å². The van der Waals surface area contributed by atoms with Crippen molar-refractivity contribution in [2.75, 3.05) is 6.61 Å². The summed E-state index contributed by atoms with van der Waals surface area (Å²) >= 11 is 5.00. The molecule has 1 unspecified atom stereocenters. The Morgan fingerprint density at radius 3 is 2.75 bits per heavy atom. The first kappa shape index (κ1) is 20.4. The summed E-state index contributed by atoms with van der Waals surface area (Å²) in [5, 5.41) is 5.48. The van der Waals surface area contributed by atoms with Crippen LogP contribution in [0.5, 0.6) is 5.75 Å². The molecule has 1 atom stereocenters. The Labute approximate surface area is 176 Å². The third kappa shape index (κ3) is 4.39. The van der Waals surface area contributed by atoms with Crippen LogP contribution in [0.4, 0.5) is 4.79 Å². The molecule has 0 aliphatic carbocycles. The average molecular weight is 465 g/mol. The van der Waals surface area contributed by atoms with Crippen molar-refractivity contribution in [1.82, 2.24) is 10.6 Å². The van der Waals surface area contributed by atoms with Gasteiger partial charge in [-0.2, -0.15) is 0 Å². The molecule has 0 bridgehead atoms. The molecule has 0 saturated carbocycles. The Hall–Kier alpha value is -2.32. The second-order valence-corrected chi connectivity index (χ2v) is 8.38. The van der Waals surface area contributed by atoms with Gasteiger partial charge in [0, 0.05) is 21.0 Å². The number of halogens is 1. The van der Waals surface area contributed by atoms with Gasteiger partial charge >= 0.3 is 12.0 Å². The van der Waals surface area contributed by atoms with Crippen molar-refractivity contribution >= 4 is 39.3 Å². The molecule has 0 saturated heterocycles. The van der Waals surface area contributed by atoms with Crippen LogP contribution in [0.1, 0.15) is 35.2 Å². The number of amides is 2. The van der Waals surface area contributed by atoms with Crippen LogP contribution in [-0.2, 0) is 16.1 Å². The first-order valence-corrected chi connectivity index (χ1v) is 10.4. The van der Waals surface area contributed by atoms with Gasteiger partial charge in [-0.05, 0) is 54.9 Å². The molecule has 1 aliphatic rings. The number of allylic oxidation sites excluding steroid dienone is 1. The highest BCUT2D eigenvalue weighted by molar-refractivity contribution is 9.10. The number of para-hydroxylation sites is 1. The van der Waals surface area contributed by atoms with Gasteiger partial charge < -0.3 is 20.1 Å². The number of ether oxygens (including phenoxy) is 2. The molecule has 6 nitrogen and oxygen atoms in total. The molecule has 0 radical (unpaired) electrons. The normalized spacial score (nSPS) is 16.4. The summed E-state index contributed by atoms with van der Waals surface area (Å²) in [4.78, 5) is 26.4. The van der Waals surface area contributed by atoms with Crippen molar-refractivity contribution in [2.24, 2.45) is 0 Å². The highest BCUT2D eigenvalue weighted by atomic mass is 79.9. The van der Waals surface area contributed by atoms with E-state index in [4.69, 9.17) is 9.47 Å². The fourth-order valence-electron chi connectivity index (χ4n) is 2.93. The minimum atomic E-state index is -0.547. The maximum absolute atomic E-state index is 12.4. The Morgan fingerprint density at radius 1 is 1.29 bits per heavy atom. The van der Waals surface area contributed by atoms with Gasteiger partial charge in [-0.25, -0.2) is 9.59 Å². The predicted molar refractivity (Wildman–Crippen MR) is 111 cm³/mol. The lowest BCUT2D eigenvalue weighted by Gasteiger charge is -2.27. The number of nitrogens with one attached hydrogen (secondary N) is 2. The maximum Gasteiger partial charge on any atom is 0.338 e. The van der Waals surface area contributed by atoms with E-state index in [1.165, 1.54) is 11.3 Å². The second-order valence-electron chi connectivity index (χ2n) is 6.24. The van der Waals surface area contributed by atoms with Crippen molar-refractivity contribution in [3.05, 3.63) is 61.4 Å². The highest BCUT2D eigenvalue weighted by Crippen LogP contribution is 2.35. The number of carbonyl (C=O) groups is 2. The van der Waals surface area contributed by atoms with Crippen LogP contribution in [-0.4, -0.2) is 18.6 Å². The summed E-state index contributed by atoms with van der Waals surface area (Å²) in [6, 6.07) is 8.74. The molecule has 2 heterocycles. The second kappa shape index (κ2) is 8.79. The van der Waals surface area contributed by atoms with E-state index in [2.05, 4.69) is 26.6 Å². The third-order valence-corrected chi connectivity index (χ3v) is 6.12. The molecule has 148 valence electrons. The molecule has 1 aromatic heterocycles. The molecule has 2 amide bonds. The number of aryl methyl sites for hydroxylation is 1. The van der Waals surface area contributed by atoms with Crippen LogP contribution < -0.4 is 15.4 Å². The monoisotopic (exact) mass is 464 g/mol. The molecule has 2 aromatic rings. The minimum absolute atomic E-state index is 0.269. The summed E-state index contributed by atoms with van der Waals surface area (Å²) in [7, 11) is 0. The average Bonchev–Trinajstić information content (AvgIpc) is 3.01. The number of carbonyl (C=O) groups excluding carboxylic acids is 2. The van der Waals surface area contributed by atoms with Crippen LogP contribution in [0.3, 0.4) is 0 Å². The van der Waals surface area contributed by atoms with E-state index in [0.29, 0.717) is 17.9 Å². The van der Waals surface area contributed by atoms with Gasteiger partial charge in [0.05, 0.1) is 22.7 Å². The Bertz CT molecular complexity index is 938. The summed E-state index contributed by atoms with van der Waals surface area (Å²) in [6.07, 6.45) is 0. The molecular weight excluding hydrogens is 444 g/mol. The van der Waals surface area contributed by atoms with E-state index in [0.717, 1.165) is 25.5 Å². The highest BCUT2D eigenvalue weighted by Gasteiger charge is 2.33. The zero-order valence-electron chi connectivity index (χ0n) is 15.8. The van der Waals surface area contributed by atoms with Crippen molar-refractivity contribution < 1.29 is 19.1 Å². The molecule has 1 aliphatic heterocycles. The number of rotatable bonds is 6. The van der Waals surface area contributed by atoms with Crippen LogP contribution in [0.15, 0.2) is 46.1 Å². The molecule has 2 N–H and O–H groups in total. The van der Waals surface area contributed by atoms with Crippen molar-refractivity contribution in [2.45, 2.75) is 33.4 Å². The molecule has 28 heavy (non-hydrogen) atoms. The molecule has 3 rings (SSSR count). The summed E-state index contributed by atoms with van der Waals surface area (Å²) in [5.74, 6) is 0.322. The lowest BCUT2D eigenvalue weighted by atomic mass is 10.0. The zero-order chi connectivity index (χ0) is 20.3. The smallest absolute Gasteiger partial charge is 0.338 e. The molecule has 0 fully saturated rings. The van der Waals surface area contributed by atoms with Crippen molar-refractivity contribution in [1.29, 1.82) is 0 Å². The van der Waals surface area contributed by atoms with E-state index in [1.54, 1.807) is 13.8 Å². The Kier molecular flexibility index (Phi) is 6.41. The van der Waals surface area contributed by atoms with Gasteiger partial charge in [0.2, 0.25) is 0 Å². The Morgan fingerprint density at radius 2 is 2.04 bits per heavy atom. The first-order chi connectivity index (χ1) is 13.4. The van der Waals surface area contributed by atoms with E-state index in [9.17, 15) is 9.59 Å². The number of hydrogen-bond acceptors (Lipinski definition) is 5. The number of urea groups is 1. The van der Waals surface area contributed by atoms with Crippen LogP contribution in [0, 0.1) is 6.92 Å². The number of esters is 1. The predicted octanol–water partition coefficient (Wildman–Crippen LogP) is 4.59. The topological polar surface area (TPSA) is 76.7 Å². The van der Waals surface area contributed by atoms with Gasteiger partial charge in [0.15, 0.2) is 0 Å². The number of hydrogen-bond donors (Lipinski definition) is 2. The van der Waals surface area contributed by atoms with E-state index < -0.39 is 12.0 Å². The Balaban J connectivity index is 1.85. The fraction of sp³-hybridized carbons (Fsp3) is 0.300. The third-order valence-electron chi connectivity index (χ3n) is 4.31. The molecular formula is C20H21BrN2O4S. The molecule has 1 aromatic carbocycles. The van der Waals surface area contributed by atoms with Crippen LogP contribution >= 0.6 is 27.3 Å². The number of benzene rings is 1.